The number of carbonyl (C=O) groups is 1. The average molecular weight is 334 g/mol. The minimum absolute atomic E-state index is 0.0785. The fourth-order valence-corrected chi connectivity index (χ4v) is 3.51. The predicted octanol–water partition coefficient (Wildman–Crippen LogP) is 1.40. The summed E-state index contributed by atoms with van der Waals surface area (Å²) in [5.74, 6) is -0.376. The molecule has 0 aromatic heterocycles. The Hall–Kier alpha value is -1.66. The summed E-state index contributed by atoms with van der Waals surface area (Å²) in [6.07, 6.45) is 0. The Morgan fingerprint density at radius 2 is 2.00 bits per heavy atom. The van der Waals surface area contributed by atoms with Crippen molar-refractivity contribution in [3.8, 4) is 0 Å². The highest BCUT2D eigenvalue weighted by atomic mass is 19.1. The number of hydrogen-bond acceptors (Lipinski definition) is 4. The summed E-state index contributed by atoms with van der Waals surface area (Å²) in [4.78, 5) is 18.9. The first-order valence-electron chi connectivity index (χ1n) is 8.88. The summed E-state index contributed by atoms with van der Waals surface area (Å²) in [5.41, 5.74) is 1.05. The third kappa shape index (κ3) is 3.54. The van der Waals surface area contributed by atoms with Crippen molar-refractivity contribution >= 4 is 11.6 Å². The molecule has 1 N–H and O–H groups in total. The zero-order valence-corrected chi connectivity index (χ0v) is 14.6. The van der Waals surface area contributed by atoms with Crippen molar-refractivity contribution in [2.75, 3.05) is 57.3 Å². The van der Waals surface area contributed by atoms with Gasteiger partial charge < -0.3 is 20.0 Å². The lowest BCUT2D eigenvalue weighted by Gasteiger charge is -2.36. The van der Waals surface area contributed by atoms with E-state index in [2.05, 4.69) is 22.0 Å². The lowest BCUT2D eigenvalue weighted by Crippen LogP contribution is -2.52. The number of nitrogens with one attached hydrogen (secondary N) is 1. The molecule has 2 aliphatic heterocycles. The smallest absolute Gasteiger partial charge is 0.254 e. The van der Waals surface area contributed by atoms with Gasteiger partial charge in [0.1, 0.15) is 5.82 Å². The Bertz CT molecular complexity index is 586. The molecule has 2 aliphatic rings. The lowest BCUT2D eigenvalue weighted by atomic mass is 10.1. The molecule has 0 saturated carbocycles. The van der Waals surface area contributed by atoms with E-state index >= 15 is 0 Å². The summed E-state index contributed by atoms with van der Waals surface area (Å²) in [5, 5.41) is 3.26. The predicted molar refractivity (Wildman–Crippen MR) is 94.1 cm³/mol. The number of carbonyl (C=O) groups excluding carboxylic acids is 1. The number of hydrogen-bond donors (Lipinski definition) is 1. The van der Waals surface area contributed by atoms with E-state index in [0.29, 0.717) is 17.8 Å². The molecule has 24 heavy (non-hydrogen) atoms. The first-order chi connectivity index (χ1) is 11.6. The second kappa shape index (κ2) is 7.49. The quantitative estimate of drug-likeness (QED) is 0.907. The van der Waals surface area contributed by atoms with E-state index < -0.39 is 0 Å². The summed E-state index contributed by atoms with van der Waals surface area (Å²) in [6.45, 7) is 11.0. The van der Waals surface area contributed by atoms with Gasteiger partial charge in [-0.05, 0) is 31.7 Å². The highest BCUT2D eigenvalue weighted by Gasteiger charge is 2.25. The summed E-state index contributed by atoms with van der Waals surface area (Å²) in [7, 11) is 0. The van der Waals surface area contributed by atoms with Crippen molar-refractivity contribution in [3.05, 3.63) is 29.6 Å². The van der Waals surface area contributed by atoms with Gasteiger partial charge in [0.2, 0.25) is 0 Å². The van der Waals surface area contributed by atoms with Gasteiger partial charge in [0.25, 0.3) is 5.91 Å². The standard InChI is InChI=1S/C18H27FN4O/c1-3-21-8-10-22(11-9-21)17-5-4-15(12-16(17)19)18(24)23-7-6-20-13-14(23)2/h4-5,12,14,20H,3,6-11,13H2,1-2H3. The van der Waals surface area contributed by atoms with Crippen LogP contribution in [-0.4, -0.2) is 74.1 Å². The van der Waals surface area contributed by atoms with Crippen molar-refractivity contribution in [3.63, 3.8) is 0 Å². The Labute approximate surface area is 143 Å². The molecule has 132 valence electrons. The van der Waals surface area contributed by atoms with Crippen molar-refractivity contribution in [2.45, 2.75) is 19.9 Å². The Balaban J connectivity index is 1.71. The van der Waals surface area contributed by atoms with Crippen LogP contribution in [0, 0.1) is 5.82 Å². The first kappa shape index (κ1) is 17.2. The van der Waals surface area contributed by atoms with Crippen LogP contribution in [0.25, 0.3) is 0 Å². The van der Waals surface area contributed by atoms with Crippen LogP contribution >= 0.6 is 0 Å². The molecular formula is C18H27FN4O. The normalized spacial score (nSPS) is 22.7. The maximum atomic E-state index is 14.6. The van der Waals surface area contributed by atoms with Crippen molar-refractivity contribution in [1.29, 1.82) is 0 Å². The molecule has 0 bridgehead atoms. The van der Waals surface area contributed by atoms with Gasteiger partial charge in [-0.15, -0.1) is 0 Å². The monoisotopic (exact) mass is 334 g/mol. The molecule has 2 fully saturated rings. The fraction of sp³-hybridized carbons (Fsp3) is 0.611. The van der Waals surface area contributed by atoms with E-state index in [1.54, 1.807) is 12.1 Å². The van der Waals surface area contributed by atoms with Gasteiger partial charge in [-0.3, -0.25) is 4.79 Å². The maximum absolute atomic E-state index is 14.6. The molecule has 1 amide bonds. The molecule has 1 unspecified atom stereocenters. The van der Waals surface area contributed by atoms with Crippen LogP contribution in [0.5, 0.6) is 0 Å². The Morgan fingerprint density at radius 1 is 1.25 bits per heavy atom. The lowest BCUT2D eigenvalue weighted by molar-refractivity contribution is 0.0655. The number of benzene rings is 1. The minimum atomic E-state index is -0.298. The molecule has 5 nitrogen and oxygen atoms in total. The zero-order chi connectivity index (χ0) is 17.1. The van der Waals surface area contributed by atoms with Crippen LogP contribution in [0.2, 0.25) is 0 Å². The number of anilines is 1. The molecule has 2 saturated heterocycles. The number of rotatable bonds is 3. The van der Waals surface area contributed by atoms with E-state index in [4.69, 9.17) is 0 Å². The van der Waals surface area contributed by atoms with Crippen molar-refractivity contribution < 1.29 is 9.18 Å². The highest BCUT2D eigenvalue weighted by Crippen LogP contribution is 2.23. The van der Waals surface area contributed by atoms with Crippen molar-refractivity contribution in [2.24, 2.45) is 0 Å². The zero-order valence-electron chi connectivity index (χ0n) is 14.6. The second-order valence-corrected chi connectivity index (χ2v) is 6.64. The summed E-state index contributed by atoms with van der Waals surface area (Å²) < 4.78 is 14.6. The van der Waals surface area contributed by atoms with Gasteiger partial charge in [-0.2, -0.15) is 0 Å². The molecule has 1 aromatic rings. The highest BCUT2D eigenvalue weighted by molar-refractivity contribution is 5.95. The van der Waals surface area contributed by atoms with Gasteiger partial charge in [0.15, 0.2) is 0 Å². The Morgan fingerprint density at radius 3 is 2.62 bits per heavy atom. The minimum Gasteiger partial charge on any atom is -0.367 e. The fourth-order valence-electron chi connectivity index (χ4n) is 3.51. The summed E-state index contributed by atoms with van der Waals surface area (Å²) in [6, 6.07) is 5.06. The molecule has 1 atom stereocenters. The van der Waals surface area contributed by atoms with Crippen LogP contribution in [-0.2, 0) is 0 Å². The third-order valence-corrected chi connectivity index (χ3v) is 5.12. The van der Waals surface area contributed by atoms with E-state index in [9.17, 15) is 9.18 Å². The van der Waals surface area contributed by atoms with E-state index in [0.717, 1.165) is 45.8 Å². The average Bonchev–Trinajstić information content (AvgIpc) is 2.61. The van der Waals surface area contributed by atoms with Crippen molar-refractivity contribution in [1.82, 2.24) is 15.1 Å². The number of nitrogens with zero attached hydrogens (tertiary/aromatic N) is 3. The van der Waals surface area contributed by atoms with Gasteiger partial charge in [-0.25, -0.2) is 4.39 Å². The van der Waals surface area contributed by atoms with Crippen LogP contribution in [0.4, 0.5) is 10.1 Å². The topological polar surface area (TPSA) is 38.8 Å². The molecule has 0 spiro atoms. The third-order valence-electron chi connectivity index (χ3n) is 5.12. The van der Waals surface area contributed by atoms with Gasteiger partial charge in [0, 0.05) is 57.4 Å². The van der Waals surface area contributed by atoms with E-state index in [-0.39, 0.29) is 17.8 Å². The first-order valence-corrected chi connectivity index (χ1v) is 8.88. The molecule has 6 heteroatoms. The molecule has 0 radical (unpaired) electrons. The van der Waals surface area contributed by atoms with Crippen LogP contribution in [0.3, 0.4) is 0 Å². The summed E-state index contributed by atoms with van der Waals surface area (Å²) >= 11 is 0. The number of halogens is 1. The molecule has 3 rings (SSSR count). The molecular weight excluding hydrogens is 307 g/mol. The van der Waals surface area contributed by atoms with Crippen LogP contribution in [0.15, 0.2) is 18.2 Å². The van der Waals surface area contributed by atoms with Crippen LogP contribution in [0.1, 0.15) is 24.2 Å². The molecule has 0 aliphatic carbocycles. The van der Waals surface area contributed by atoms with Crippen LogP contribution < -0.4 is 10.2 Å². The van der Waals surface area contributed by atoms with E-state index in [1.807, 2.05) is 11.8 Å². The SMILES string of the molecule is CCN1CCN(c2ccc(C(=O)N3CCNCC3C)cc2F)CC1. The second-order valence-electron chi connectivity index (χ2n) is 6.64. The number of amides is 1. The maximum Gasteiger partial charge on any atom is 0.254 e. The number of piperazine rings is 2. The largest absolute Gasteiger partial charge is 0.367 e. The van der Waals surface area contributed by atoms with Gasteiger partial charge >= 0.3 is 0 Å². The number of likely N-dealkylation sites (N-methyl/N-ethyl adjacent to an activating group) is 1. The van der Waals surface area contributed by atoms with Gasteiger partial charge in [0.05, 0.1) is 5.69 Å². The van der Waals surface area contributed by atoms with Gasteiger partial charge in [-0.1, -0.05) is 6.92 Å². The molecule has 1 aromatic carbocycles. The molecule has 2 heterocycles. The Kier molecular flexibility index (Phi) is 5.36. The van der Waals surface area contributed by atoms with E-state index in [1.165, 1.54) is 6.07 Å².